The predicted molar refractivity (Wildman–Crippen MR) is 225 cm³/mol. The monoisotopic (exact) mass is 686 g/mol. The van der Waals surface area contributed by atoms with Crippen molar-refractivity contribution in [2.75, 3.05) is 4.90 Å². The Labute approximate surface area is 309 Å². The Hall–Kier alpha value is -6.16. The Bertz CT molecular complexity index is 2700. The molecule has 0 unspecified atom stereocenters. The van der Waals surface area contributed by atoms with Gasteiger partial charge in [0.25, 0.3) is 0 Å². The van der Waals surface area contributed by atoms with Crippen molar-refractivity contribution in [1.82, 2.24) is 4.57 Å². The molecule has 2 aromatic heterocycles. The number of para-hydroxylation sites is 3. The molecule has 7 aromatic carbocycles. The van der Waals surface area contributed by atoms with Crippen molar-refractivity contribution in [1.29, 1.82) is 0 Å². The van der Waals surface area contributed by atoms with Gasteiger partial charge in [0, 0.05) is 43.1 Å². The number of hydrogen-bond donors (Lipinski definition) is 0. The fraction of sp³-hybridized carbons (Fsp3) is 0.0612. The summed E-state index contributed by atoms with van der Waals surface area (Å²) in [6, 6.07) is 63.7. The third kappa shape index (κ3) is 5.60. The first-order valence-corrected chi connectivity index (χ1v) is 18.8. The first-order valence-electron chi connectivity index (χ1n) is 18.0. The Kier molecular flexibility index (Phi) is 8.27. The quantitative estimate of drug-likeness (QED) is 0.154. The molecule has 0 bridgehead atoms. The van der Waals surface area contributed by atoms with Crippen LogP contribution in [-0.2, 0) is 0 Å². The van der Waals surface area contributed by atoms with Crippen molar-refractivity contribution in [3.05, 3.63) is 198 Å². The molecule has 0 saturated carbocycles. The van der Waals surface area contributed by atoms with Crippen molar-refractivity contribution < 1.29 is 0 Å². The maximum absolute atomic E-state index is 2.37. The number of anilines is 3. The Balaban J connectivity index is 1.07. The number of rotatable bonds is 8. The van der Waals surface area contributed by atoms with Crippen LogP contribution in [0.2, 0.25) is 0 Å². The van der Waals surface area contributed by atoms with Crippen LogP contribution in [0.4, 0.5) is 17.1 Å². The molecule has 9 rings (SSSR count). The minimum atomic E-state index is 0.992. The maximum Gasteiger partial charge on any atom is 0.0542 e. The van der Waals surface area contributed by atoms with Crippen molar-refractivity contribution in [3.8, 4) is 16.8 Å². The standard InChI is InChI=1S/C49H38N2S/c1-3-14-43(49-34(2)42-19-11-13-22-48(42)52-49)37-25-23-35(24-26-37)36-27-29-40(30-28-36)50(38-15-6-4-7-16-38)41-31-32-47-45(33-41)44-20-10-12-21-46(44)51(47)39-17-8-5-9-18-39/h4-33H,3H2,1-2H3/b43-14-. The highest BCUT2D eigenvalue weighted by molar-refractivity contribution is 7.20. The largest absolute Gasteiger partial charge is 0.310 e. The summed E-state index contributed by atoms with van der Waals surface area (Å²) in [6.07, 6.45) is 3.36. The number of hydrogen-bond acceptors (Lipinski definition) is 2. The molecular formula is C49H38N2S. The summed E-state index contributed by atoms with van der Waals surface area (Å²) in [7, 11) is 0. The summed E-state index contributed by atoms with van der Waals surface area (Å²) in [4.78, 5) is 3.72. The number of benzene rings is 7. The van der Waals surface area contributed by atoms with Gasteiger partial charge < -0.3 is 9.47 Å². The lowest BCUT2D eigenvalue weighted by molar-refractivity contribution is 1.18. The number of thiophene rings is 1. The Morgan fingerprint density at radius 2 is 1.13 bits per heavy atom. The van der Waals surface area contributed by atoms with Crippen molar-refractivity contribution >= 4 is 65.9 Å². The van der Waals surface area contributed by atoms with Gasteiger partial charge in [-0.3, -0.25) is 0 Å². The highest BCUT2D eigenvalue weighted by Crippen LogP contribution is 2.41. The molecular weight excluding hydrogens is 649 g/mol. The molecule has 0 aliphatic heterocycles. The number of nitrogens with zero attached hydrogens (tertiary/aromatic N) is 2. The van der Waals surface area contributed by atoms with Gasteiger partial charge in [-0.2, -0.15) is 0 Å². The normalized spacial score (nSPS) is 11.8. The highest BCUT2D eigenvalue weighted by atomic mass is 32.1. The molecule has 0 atom stereocenters. The van der Waals surface area contributed by atoms with Crippen LogP contribution in [0.1, 0.15) is 29.3 Å². The van der Waals surface area contributed by atoms with E-state index in [1.54, 1.807) is 0 Å². The first kappa shape index (κ1) is 31.8. The molecule has 3 heteroatoms. The van der Waals surface area contributed by atoms with Crippen molar-refractivity contribution in [2.24, 2.45) is 0 Å². The van der Waals surface area contributed by atoms with E-state index in [2.05, 4.69) is 205 Å². The van der Waals surface area contributed by atoms with E-state index in [-0.39, 0.29) is 0 Å². The molecule has 250 valence electrons. The fourth-order valence-corrected chi connectivity index (χ4v) is 8.87. The van der Waals surface area contributed by atoms with Crippen LogP contribution in [0.25, 0.3) is 54.3 Å². The van der Waals surface area contributed by atoms with E-state index in [0.717, 1.165) is 29.2 Å². The second-order valence-corrected chi connectivity index (χ2v) is 14.3. The molecule has 9 aromatic rings. The number of aromatic nitrogens is 1. The van der Waals surface area contributed by atoms with E-state index < -0.39 is 0 Å². The third-order valence-corrected chi connectivity index (χ3v) is 11.4. The Morgan fingerprint density at radius 3 is 1.85 bits per heavy atom. The van der Waals surface area contributed by atoms with Crippen molar-refractivity contribution in [3.63, 3.8) is 0 Å². The molecule has 0 aliphatic rings. The first-order chi connectivity index (χ1) is 25.7. The van der Waals surface area contributed by atoms with Gasteiger partial charge in [0.1, 0.15) is 0 Å². The van der Waals surface area contributed by atoms with Gasteiger partial charge in [0.05, 0.1) is 11.0 Å². The zero-order valence-electron chi connectivity index (χ0n) is 29.3. The average Bonchev–Trinajstić information content (AvgIpc) is 3.72. The average molecular weight is 687 g/mol. The molecule has 0 fully saturated rings. The lowest BCUT2D eigenvalue weighted by Gasteiger charge is -2.26. The molecule has 2 heterocycles. The van der Waals surface area contributed by atoms with E-state index in [1.165, 1.54) is 64.6 Å². The van der Waals surface area contributed by atoms with Crippen LogP contribution in [0, 0.1) is 6.92 Å². The summed E-state index contributed by atoms with van der Waals surface area (Å²) in [5.41, 5.74) is 13.3. The predicted octanol–water partition coefficient (Wildman–Crippen LogP) is 14.3. The van der Waals surface area contributed by atoms with E-state index >= 15 is 0 Å². The van der Waals surface area contributed by atoms with Crippen LogP contribution >= 0.6 is 11.3 Å². The lowest BCUT2D eigenvalue weighted by atomic mass is 9.96. The van der Waals surface area contributed by atoms with Gasteiger partial charge in [-0.05, 0) is 113 Å². The summed E-state index contributed by atoms with van der Waals surface area (Å²) < 4.78 is 3.71. The zero-order valence-corrected chi connectivity index (χ0v) is 30.1. The third-order valence-electron chi connectivity index (χ3n) is 10.1. The van der Waals surface area contributed by atoms with Gasteiger partial charge >= 0.3 is 0 Å². The molecule has 0 N–H and O–H groups in total. The van der Waals surface area contributed by atoms with E-state index in [1.807, 2.05) is 11.3 Å². The molecule has 0 saturated heterocycles. The minimum Gasteiger partial charge on any atom is -0.310 e. The minimum absolute atomic E-state index is 0.992. The van der Waals surface area contributed by atoms with Crippen LogP contribution in [0.5, 0.6) is 0 Å². The fourth-order valence-electron chi connectivity index (χ4n) is 7.60. The molecule has 0 amide bonds. The zero-order chi connectivity index (χ0) is 35.0. The van der Waals surface area contributed by atoms with Crippen LogP contribution in [0.3, 0.4) is 0 Å². The second-order valence-electron chi connectivity index (χ2n) is 13.3. The topological polar surface area (TPSA) is 8.17 Å². The number of fused-ring (bicyclic) bond motifs is 4. The van der Waals surface area contributed by atoms with Gasteiger partial charge in [0.2, 0.25) is 0 Å². The number of allylic oxidation sites excluding steroid dienone is 1. The van der Waals surface area contributed by atoms with Crippen LogP contribution < -0.4 is 4.90 Å². The second kappa shape index (κ2) is 13.5. The summed E-state index contributed by atoms with van der Waals surface area (Å²) in [5, 5.41) is 3.83. The SMILES string of the molecule is CC/C=C(/c1ccc(-c2ccc(N(c3ccccc3)c3ccc4c(c3)c3ccccc3n4-c3ccccc3)cc2)cc1)c1sc2ccccc2c1C. The van der Waals surface area contributed by atoms with Crippen LogP contribution in [0.15, 0.2) is 182 Å². The molecule has 0 radical (unpaired) electrons. The summed E-state index contributed by atoms with van der Waals surface area (Å²) in [5.74, 6) is 0. The molecule has 2 nitrogen and oxygen atoms in total. The van der Waals surface area contributed by atoms with E-state index in [4.69, 9.17) is 0 Å². The summed E-state index contributed by atoms with van der Waals surface area (Å²) >= 11 is 1.89. The summed E-state index contributed by atoms with van der Waals surface area (Å²) in [6.45, 7) is 4.48. The van der Waals surface area contributed by atoms with Gasteiger partial charge in [-0.25, -0.2) is 0 Å². The Morgan fingerprint density at radius 1 is 0.558 bits per heavy atom. The van der Waals surface area contributed by atoms with E-state index in [0.29, 0.717) is 0 Å². The van der Waals surface area contributed by atoms with Gasteiger partial charge in [0.15, 0.2) is 0 Å². The lowest BCUT2D eigenvalue weighted by Crippen LogP contribution is -2.09. The van der Waals surface area contributed by atoms with Gasteiger partial charge in [-0.15, -0.1) is 11.3 Å². The molecule has 0 aliphatic carbocycles. The molecule has 0 spiro atoms. The molecule has 52 heavy (non-hydrogen) atoms. The smallest absolute Gasteiger partial charge is 0.0542 e. The maximum atomic E-state index is 2.37. The van der Waals surface area contributed by atoms with Crippen molar-refractivity contribution in [2.45, 2.75) is 20.3 Å². The van der Waals surface area contributed by atoms with E-state index in [9.17, 15) is 0 Å². The highest BCUT2D eigenvalue weighted by Gasteiger charge is 2.18. The number of aryl methyl sites for hydroxylation is 1. The van der Waals surface area contributed by atoms with Gasteiger partial charge in [-0.1, -0.05) is 122 Å². The van der Waals surface area contributed by atoms with Crippen LogP contribution in [-0.4, -0.2) is 4.57 Å².